The lowest BCUT2D eigenvalue weighted by Crippen LogP contribution is -2.32. The van der Waals surface area contributed by atoms with Crippen LogP contribution in [-0.4, -0.2) is 19.1 Å². The van der Waals surface area contributed by atoms with Crippen molar-refractivity contribution in [1.29, 1.82) is 0 Å². The highest BCUT2D eigenvalue weighted by Gasteiger charge is 2.19. The number of carbonyl (C=O) groups is 1. The van der Waals surface area contributed by atoms with Crippen molar-refractivity contribution in [3.8, 4) is 5.75 Å². The van der Waals surface area contributed by atoms with E-state index in [1.165, 1.54) is 12.1 Å². The summed E-state index contributed by atoms with van der Waals surface area (Å²) in [7, 11) is 0. The van der Waals surface area contributed by atoms with Gasteiger partial charge in [0, 0.05) is 11.4 Å². The van der Waals surface area contributed by atoms with Crippen LogP contribution in [0.15, 0.2) is 64.6 Å². The summed E-state index contributed by atoms with van der Waals surface area (Å²) in [6, 6.07) is 13.7. The molecule has 2 aromatic heterocycles. The highest BCUT2D eigenvalue weighted by atomic mass is 32.1. The van der Waals surface area contributed by atoms with Crippen LogP contribution in [0.1, 0.15) is 16.6 Å². The average Bonchev–Trinajstić information content (AvgIpc) is 3.28. The molecule has 0 fully saturated rings. The highest BCUT2D eigenvalue weighted by Crippen LogP contribution is 2.28. The predicted octanol–water partition coefficient (Wildman–Crippen LogP) is 3.81. The van der Waals surface area contributed by atoms with Crippen LogP contribution < -0.4 is 10.1 Å². The molecule has 0 bridgehead atoms. The minimum atomic E-state index is -0.489. The van der Waals surface area contributed by atoms with Gasteiger partial charge in [0.25, 0.3) is 5.91 Å². The molecule has 0 saturated carbocycles. The first-order valence-corrected chi connectivity index (χ1v) is 8.33. The molecule has 3 rings (SSSR count). The summed E-state index contributed by atoms with van der Waals surface area (Å²) >= 11 is 1.60. The number of hydrogen-bond donors (Lipinski definition) is 1. The Morgan fingerprint density at radius 2 is 2.08 bits per heavy atom. The van der Waals surface area contributed by atoms with E-state index in [1.807, 2.05) is 29.6 Å². The molecule has 0 aliphatic heterocycles. The molecule has 4 nitrogen and oxygen atoms in total. The quantitative estimate of drug-likeness (QED) is 0.708. The fraction of sp³-hybridized carbons (Fsp3) is 0.167. The number of amides is 1. The molecule has 2 heterocycles. The summed E-state index contributed by atoms with van der Waals surface area (Å²) in [5.74, 6) is -0.0117. The van der Waals surface area contributed by atoms with Gasteiger partial charge in [0.2, 0.25) is 0 Å². The first kappa shape index (κ1) is 16.3. The molecule has 6 heteroatoms. The molecular weight excluding hydrogens is 329 g/mol. The van der Waals surface area contributed by atoms with E-state index >= 15 is 0 Å². The lowest BCUT2D eigenvalue weighted by molar-refractivity contribution is -0.123. The van der Waals surface area contributed by atoms with Crippen LogP contribution in [0, 0.1) is 5.82 Å². The van der Waals surface area contributed by atoms with Crippen molar-refractivity contribution in [2.45, 2.75) is 5.92 Å². The summed E-state index contributed by atoms with van der Waals surface area (Å²) in [5.41, 5.74) is 0. The molecule has 0 aliphatic rings. The van der Waals surface area contributed by atoms with E-state index in [9.17, 15) is 9.18 Å². The molecule has 1 aromatic carbocycles. The van der Waals surface area contributed by atoms with Gasteiger partial charge < -0.3 is 14.5 Å². The van der Waals surface area contributed by atoms with Crippen molar-refractivity contribution < 1.29 is 18.3 Å². The molecule has 3 aromatic rings. The number of nitrogens with one attached hydrogen (secondary N) is 1. The number of thiophene rings is 1. The minimum Gasteiger partial charge on any atom is -0.481 e. The Morgan fingerprint density at radius 1 is 1.21 bits per heavy atom. The third-order valence-corrected chi connectivity index (χ3v) is 4.46. The Bertz CT molecular complexity index is 737. The van der Waals surface area contributed by atoms with Crippen molar-refractivity contribution in [3.05, 3.63) is 76.6 Å². The normalized spacial score (nSPS) is 11.9. The van der Waals surface area contributed by atoms with Gasteiger partial charge in [0.05, 0.1) is 12.2 Å². The maximum atomic E-state index is 13.5. The SMILES string of the molecule is O=C(COc1ccccc1F)NC[C@H](c1ccco1)c1cccs1. The fourth-order valence-corrected chi connectivity index (χ4v) is 3.13. The molecule has 0 unspecified atom stereocenters. The molecule has 1 amide bonds. The lowest BCUT2D eigenvalue weighted by Gasteiger charge is -2.14. The van der Waals surface area contributed by atoms with Crippen LogP contribution in [-0.2, 0) is 4.79 Å². The van der Waals surface area contributed by atoms with Gasteiger partial charge in [0.15, 0.2) is 18.2 Å². The van der Waals surface area contributed by atoms with E-state index in [-0.39, 0.29) is 24.2 Å². The summed E-state index contributed by atoms with van der Waals surface area (Å²) < 4.78 is 24.1. The molecule has 0 spiro atoms. The third-order valence-electron chi connectivity index (χ3n) is 3.47. The average molecular weight is 345 g/mol. The summed E-state index contributed by atoms with van der Waals surface area (Å²) in [4.78, 5) is 13.1. The largest absolute Gasteiger partial charge is 0.481 e. The monoisotopic (exact) mass is 345 g/mol. The minimum absolute atomic E-state index is 0.0580. The number of furan rings is 1. The van der Waals surface area contributed by atoms with Gasteiger partial charge in [-0.1, -0.05) is 18.2 Å². The zero-order valence-electron chi connectivity index (χ0n) is 12.8. The fourth-order valence-electron chi connectivity index (χ4n) is 2.29. The van der Waals surface area contributed by atoms with Crippen molar-refractivity contribution in [2.75, 3.05) is 13.2 Å². The van der Waals surface area contributed by atoms with E-state index in [1.54, 1.807) is 29.7 Å². The van der Waals surface area contributed by atoms with Crippen LogP contribution in [0.25, 0.3) is 0 Å². The molecule has 24 heavy (non-hydrogen) atoms. The Morgan fingerprint density at radius 3 is 2.79 bits per heavy atom. The van der Waals surface area contributed by atoms with E-state index in [0.29, 0.717) is 6.54 Å². The molecule has 124 valence electrons. The molecule has 0 aliphatic carbocycles. The first-order chi connectivity index (χ1) is 11.7. The Kier molecular flexibility index (Phi) is 5.28. The van der Waals surface area contributed by atoms with Crippen LogP contribution in [0.4, 0.5) is 4.39 Å². The number of ether oxygens (including phenoxy) is 1. The summed E-state index contributed by atoms with van der Waals surface area (Å²) in [6.07, 6.45) is 1.61. The molecule has 1 N–H and O–H groups in total. The third kappa shape index (κ3) is 4.02. The zero-order chi connectivity index (χ0) is 16.8. The van der Waals surface area contributed by atoms with E-state index in [4.69, 9.17) is 9.15 Å². The number of rotatable bonds is 7. The number of halogens is 1. The molecule has 0 radical (unpaired) electrons. The van der Waals surface area contributed by atoms with E-state index < -0.39 is 5.82 Å². The maximum Gasteiger partial charge on any atom is 0.257 e. The number of hydrogen-bond acceptors (Lipinski definition) is 4. The Labute approximate surface area is 142 Å². The van der Waals surface area contributed by atoms with Gasteiger partial charge >= 0.3 is 0 Å². The topological polar surface area (TPSA) is 51.5 Å². The van der Waals surface area contributed by atoms with Crippen molar-refractivity contribution >= 4 is 17.2 Å². The van der Waals surface area contributed by atoms with Crippen LogP contribution in [0.3, 0.4) is 0 Å². The van der Waals surface area contributed by atoms with Gasteiger partial charge in [-0.2, -0.15) is 0 Å². The Balaban J connectivity index is 1.57. The highest BCUT2D eigenvalue weighted by molar-refractivity contribution is 7.10. The second-order valence-electron chi connectivity index (χ2n) is 5.11. The van der Waals surface area contributed by atoms with Crippen molar-refractivity contribution in [1.82, 2.24) is 5.32 Å². The van der Waals surface area contributed by atoms with Crippen molar-refractivity contribution in [3.63, 3.8) is 0 Å². The summed E-state index contributed by atoms with van der Waals surface area (Å²) in [5, 5.41) is 4.79. The second-order valence-corrected chi connectivity index (χ2v) is 6.09. The van der Waals surface area contributed by atoms with Crippen LogP contribution in [0.2, 0.25) is 0 Å². The van der Waals surface area contributed by atoms with Gasteiger partial charge in [-0.3, -0.25) is 4.79 Å². The summed E-state index contributed by atoms with van der Waals surface area (Å²) in [6.45, 7) is 0.143. The number of benzene rings is 1. The Hall–Kier alpha value is -2.60. The van der Waals surface area contributed by atoms with Gasteiger partial charge in [-0.15, -0.1) is 11.3 Å². The maximum absolute atomic E-state index is 13.5. The van der Waals surface area contributed by atoms with Gasteiger partial charge in [-0.05, 0) is 35.7 Å². The first-order valence-electron chi connectivity index (χ1n) is 7.45. The van der Waals surface area contributed by atoms with Gasteiger partial charge in [-0.25, -0.2) is 4.39 Å². The number of para-hydroxylation sites is 1. The molecule has 1 atom stereocenters. The standard InChI is InChI=1S/C18H16FNO3S/c19-14-5-1-2-6-16(14)23-12-18(21)20-11-13(15-7-3-9-22-15)17-8-4-10-24-17/h1-10,13H,11-12H2,(H,20,21)/t13-/m1/s1. The van der Waals surface area contributed by atoms with E-state index in [2.05, 4.69) is 5.32 Å². The number of carbonyl (C=O) groups excluding carboxylic acids is 1. The van der Waals surface area contributed by atoms with Crippen molar-refractivity contribution in [2.24, 2.45) is 0 Å². The van der Waals surface area contributed by atoms with Crippen LogP contribution in [0.5, 0.6) is 5.75 Å². The second kappa shape index (κ2) is 7.79. The van der Waals surface area contributed by atoms with Gasteiger partial charge in [0.1, 0.15) is 5.76 Å². The van der Waals surface area contributed by atoms with Crippen LogP contribution >= 0.6 is 11.3 Å². The van der Waals surface area contributed by atoms with E-state index in [0.717, 1.165) is 10.6 Å². The zero-order valence-corrected chi connectivity index (χ0v) is 13.6. The molecular formula is C18H16FNO3S. The predicted molar refractivity (Wildman–Crippen MR) is 89.8 cm³/mol. The molecule has 0 saturated heterocycles. The lowest BCUT2D eigenvalue weighted by atomic mass is 10.0. The smallest absolute Gasteiger partial charge is 0.257 e.